The summed E-state index contributed by atoms with van der Waals surface area (Å²) in [4.78, 5) is 21.5. The van der Waals surface area contributed by atoms with E-state index in [0.29, 0.717) is 37.1 Å². The fourth-order valence-electron chi connectivity index (χ4n) is 3.89. The molecule has 3 heterocycles. The number of hydrogen-bond donors (Lipinski definition) is 1. The van der Waals surface area contributed by atoms with Crippen molar-refractivity contribution in [3.63, 3.8) is 0 Å². The Morgan fingerprint density at radius 2 is 2.00 bits per heavy atom. The van der Waals surface area contributed by atoms with E-state index in [2.05, 4.69) is 9.97 Å². The molecule has 2 aromatic heterocycles. The molecule has 0 saturated carbocycles. The molecule has 1 N–H and O–H groups in total. The second-order valence-electron chi connectivity index (χ2n) is 7.24. The predicted molar refractivity (Wildman–Crippen MR) is 108 cm³/mol. The van der Waals surface area contributed by atoms with Gasteiger partial charge in [-0.15, -0.1) is 0 Å². The third-order valence-electron chi connectivity index (χ3n) is 5.35. The standard InChI is InChI=1S/C20H19ClFN3O3S/c1-29(27,28)17-10-13(2-3-15(17)21)20(26)25-8-5-12(6-9-25)18-14-4-7-23-19(14)24-11-16(18)22/h2-4,7,10-12H,5-6,8-9H2,1H3,(H,23,24). The van der Waals surface area contributed by atoms with Gasteiger partial charge in [-0.3, -0.25) is 4.79 Å². The normalized spacial score (nSPS) is 15.8. The molecule has 1 amide bonds. The molecule has 0 spiro atoms. The first kappa shape index (κ1) is 19.8. The molecule has 1 saturated heterocycles. The van der Waals surface area contributed by atoms with Crippen molar-refractivity contribution in [2.45, 2.75) is 23.7 Å². The molecular formula is C20H19ClFN3O3S. The van der Waals surface area contributed by atoms with Crippen LogP contribution in [0.5, 0.6) is 0 Å². The summed E-state index contributed by atoms with van der Waals surface area (Å²) in [5.41, 5.74) is 1.56. The molecule has 3 aromatic rings. The zero-order chi connectivity index (χ0) is 20.8. The maximum absolute atomic E-state index is 14.5. The van der Waals surface area contributed by atoms with E-state index in [-0.39, 0.29) is 33.1 Å². The summed E-state index contributed by atoms with van der Waals surface area (Å²) in [5.74, 6) is -0.610. The van der Waals surface area contributed by atoms with Gasteiger partial charge in [0.05, 0.1) is 16.1 Å². The molecule has 29 heavy (non-hydrogen) atoms. The molecule has 6 nitrogen and oxygen atoms in total. The molecule has 9 heteroatoms. The number of sulfone groups is 1. The fourth-order valence-corrected chi connectivity index (χ4v) is 5.19. The Hall–Kier alpha value is -2.45. The minimum absolute atomic E-state index is 0.0165. The van der Waals surface area contributed by atoms with Crippen molar-refractivity contribution in [3.8, 4) is 0 Å². The van der Waals surface area contributed by atoms with E-state index in [1.54, 1.807) is 11.1 Å². The number of H-pyrrole nitrogens is 1. The Labute approximate surface area is 172 Å². The first-order valence-corrected chi connectivity index (χ1v) is 11.4. The van der Waals surface area contributed by atoms with Gasteiger partial charge in [-0.1, -0.05) is 11.6 Å². The van der Waals surface area contributed by atoms with Gasteiger partial charge < -0.3 is 9.88 Å². The van der Waals surface area contributed by atoms with E-state index < -0.39 is 9.84 Å². The number of rotatable bonds is 3. The smallest absolute Gasteiger partial charge is 0.253 e. The SMILES string of the molecule is CS(=O)(=O)c1cc(C(=O)N2CCC(c3c(F)cnc4[nH]ccc34)CC2)ccc1Cl. The predicted octanol–water partition coefficient (Wildman–Crippen LogP) is 3.78. The number of hydrogen-bond acceptors (Lipinski definition) is 4. The number of likely N-dealkylation sites (tertiary alicyclic amines) is 1. The number of pyridine rings is 1. The van der Waals surface area contributed by atoms with Crippen LogP contribution in [0, 0.1) is 5.82 Å². The van der Waals surface area contributed by atoms with Crippen molar-refractivity contribution < 1.29 is 17.6 Å². The number of piperidine rings is 1. The van der Waals surface area contributed by atoms with Crippen LogP contribution in [0.3, 0.4) is 0 Å². The molecule has 4 rings (SSSR count). The molecule has 0 atom stereocenters. The average molecular weight is 436 g/mol. The Kier molecular flexibility index (Phi) is 5.08. The molecular weight excluding hydrogens is 417 g/mol. The lowest BCUT2D eigenvalue weighted by atomic mass is 9.87. The fraction of sp³-hybridized carbons (Fsp3) is 0.300. The van der Waals surface area contributed by atoms with Crippen LogP contribution in [0.25, 0.3) is 11.0 Å². The zero-order valence-corrected chi connectivity index (χ0v) is 17.2. The first-order valence-electron chi connectivity index (χ1n) is 9.16. The number of aromatic nitrogens is 2. The lowest BCUT2D eigenvalue weighted by molar-refractivity contribution is 0.0712. The number of amides is 1. The number of aromatic amines is 1. The quantitative estimate of drug-likeness (QED) is 0.678. The van der Waals surface area contributed by atoms with Crippen LogP contribution in [0.2, 0.25) is 5.02 Å². The van der Waals surface area contributed by atoms with Gasteiger partial charge in [-0.05, 0) is 43.0 Å². The minimum atomic E-state index is -3.54. The topological polar surface area (TPSA) is 83.1 Å². The number of benzene rings is 1. The summed E-state index contributed by atoms with van der Waals surface area (Å²) in [6.07, 6.45) is 5.24. The van der Waals surface area contributed by atoms with E-state index in [4.69, 9.17) is 11.6 Å². The highest BCUT2D eigenvalue weighted by atomic mass is 35.5. The molecule has 0 aliphatic carbocycles. The monoisotopic (exact) mass is 435 g/mol. The summed E-state index contributed by atoms with van der Waals surface area (Å²) in [6, 6.07) is 6.08. The summed E-state index contributed by atoms with van der Waals surface area (Å²) >= 11 is 5.96. The summed E-state index contributed by atoms with van der Waals surface area (Å²) in [6.45, 7) is 0.905. The number of nitrogens with one attached hydrogen (secondary N) is 1. The maximum Gasteiger partial charge on any atom is 0.253 e. The van der Waals surface area contributed by atoms with E-state index in [1.807, 2.05) is 6.07 Å². The zero-order valence-electron chi connectivity index (χ0n) is 15.7. The van der Waals surface area contributed by atoms with Crippen LogP contribution in [0.1, 0.15) is 34.7 Å². The Bertz CT molecular complexity index is 1200. The second kappa shape index (κ2) is 7.42. The Morgan fingerprint density at radius 1 is 1.28 bits per heavy atom. The van der Waals surface area contributed by atoms with Crippen LogP contribution in [-0.4, -0.2) is 48.5 Å². The second-order valence-corrected chi connectivity index (χ2v) is 9.63. The van der Waals surface area contributed by atoms with Gasteiger partial charge >= 0.3 is 0 Å². The molecule has 0 unspecified atom stereocenters. The molecule has 1 aliphatic rings. The van der Waals surface area contributed by atoms with Crippen molar-refractivity contribution in [3.05, 3.63) is 58.6 Å². The highest BCUT2D eigenvalue weighted by Crippen LogP contribution is 2.34. The van der Waals surface area contributed by atoms with Crippen molar-refractivity contribution >= 4 is 38.4 Å². The molecule has 152 valence electrons. The van der Waals surface area contributed by atoms with Gasteiger partial charge in [0.1, 0.15) is 11.5 Å². The highest BCUT2D eigenvalue weighted by molar-refractivity contribution is 7.90. The van der Waals surface area contributed by atoms with Crippen LogP contribution >= 0.6 is 11.6 Å². The number of carbonyl (C=O) groups is 1. The molecule has 1 aromatic carbocycles. The lowest BCUT2D eigenvalue weighted by Crippen LogP contribution is -2.38. The first-order chi connectivity index (χ1) is 13.8. The molecule has 1 fully saturated rings. The van der Waals surface area contributed by atoms with Gasteiger partial charge in [-0.2, -0.15) is 0 Å². The molecule has 1 aliphatic heterocycles. The van der Waals surface area contributed by atoms with Crippen LogP contribution in [-0.2, 0) is 9.84 Å². The molecule has 0 radical (unpaired) electrons. The van der Waals surface area contributed by atoms with Gasteiger partial charge in [0.25, 0.3) is 5.91 Å². The average Bonchev–Trinajstić information content (AvgIpc) is 3.16. The summed E-state index contributed by atoms with van der Waals surface area (Å²) in [7, 11) is -3.54. The van der Waals surface area contributed by atoms with E-state index in [9.17, 15) is 17.6 Å². The third-order valence-corrected chi connectivity index (χ3v) is 6.93. The van der Waals surface area contributed by atoms with Gasteiger partial charge in [0, 0.05) is 42.1 Å². The largest absolute Gasteiger partial charge is 0.346 e. The number of carbonyl (C=O) groups excluding carboxylic acids is 1. The Morgan fingerprint density at radius 3 is 2.69 bits per heavy atom. The van der Waals surface area contributed by atoms with E-state index in [0.717, 1.165) is 11.6 Å². The van der Waals surface area contributed by atoms with E-state index >= 15 is 0 Å². The van der Waals surface area contributed by atoms with Crippen LogP contribution < -0.4 is 0 Å². The summed E-state index contributed by atoms with van der Waals surface area (Å²) in [5, 5.41) is 0.858. The number of fused-ring (bicyclic) bond motifs is 1. The lowest BCUT2D eigenvalue weighted by Gasteiger charge is -2.32. The summed E-state index contributed by atoms with van der Waals surface area (Å²) < 4.78 is 38.2. The van der Waals surface area contributed by atoms with Gasteiger partial charge in [0.2, 0.25) is 0 Å². The van der Waals surface area contributed by atoms with Crippen molar-refractivity contribution in [1.29, 1.82) is 0 Å². The van der Waals surface area contributed by atoms with E-state index in [1.165, 1.54) is 24.4 Å². The van der Waals surface area contributed by atoms with Gasteiger partial charge in [0.15, 0.2) is 9.84 Å². The van der Waals surface area contributed by atoms with Crippen molar-refractivity contribution in [2.24, 2.45) is 0 Å². The minimum Gasteiger partial charge on any atom is -0.346 e. The van der Waals surface area contributed by atoms with Crippen LogP contribution in [0.15, 0.2) is 41.6 Å². The van der Waals surface area contributed by atoms with Crippen molar-refractivity contribution in [1.82, 2.24) is 14.9 Å². The van der Waals surface area contributed by atoms with Crippen molar-refractivity contribution in [2.75, 3.05) is 19.3 Å². The third kappa shape index (κ3) is 3.74. The van der Waals surface area contributed by atoms with Gasteiger partial charge in [-0.25, -0.2) is 17.8 Å². The maximum atomic E-state index is 14.5. The molecule has 0 bridgehead atoms. The number of halogens is 2. The number of nitrogens with zero attached hydrogens (tertiary/aromatic N) is 2. The Balaban J connectivity index is 1.54. The van der Waals surface area contributed by atoms with Crippen LogP contribution in [0.4, 0.5) is 4.39 Å². The highest BCUT2D eigenvalue weighted by Gasteiger charge is 2.28.